The molecule has 0 unspecified atom stereocenters. The summed E-state index contributed by atoms with van der Waals surface area (Å²) in [4.78, 5) is 16.5. The van der Waals surface area contributed by atoms with Crippen LogP contribution in [0.5, 0.6) is 0 Å². The lowest BCUT2D eigenvalue weighted by Gasteiger charge is -2.34. The largest absolute Gasteiger partial charge is 0.376 e. The molecule has 1 aliphatic rings. The third-order valence-corrected chi connectivity index (χ3v) is 4.24. The Hall–Kier alpha value is -2.40. The summed E-state index contributed by atoms with van der Waals surface area (Å²) in [5.74, 6) is -0.249. The molecular weight excluding hydrogens is 305 g/mol. The van der Waals surface area contributed by atoms with Crippen LogP contribution >= 0.6 is 0 Å². The average molecular weight is 327 g/mol. The zero-order valence-electron chi connectivity index (χ0n) is 13.6. The van der Waals surface area contributed by atoms with E-state index in [0.717, 1.165) is 32.7 Å². The van der Waals surface area contributed by atoms with Crippen LogP contribution in [0.3, 0.4) is 0 Å². The molecule has 2 aromatic carbocycles. The highest BCUT2D eigenvalue weighted by molar-refractivity contribution is 5.81. The molecule has 0 aliphatic carbocycles. The number of amides is 1. The fourth-order valence-corrected chi connectivity index (χ4v) is 2.88. The smallest absolute Gasteiger partial charge is 0.241 e. The first-order valence-corrected chi connectivity index (χ1v) is 8.24. The van der Waals surface area contributed by atoms with Crippen LogP contribution in [-0.2, 0) is 11.3 Å². The molecule has 0 aromatic heterocycles. The van der Waals surface area contributed by atoms with Gasteiger partial charge in [0.05, 0.1) is 6.54 Å². The molecule has 1 heterocycles. The van der Waals surface area contributed by atoms with E-state index in [1.54, 1.807) is 12.1 Å². The van der Waals surface area contributed by atoms with Crippen LogP contribution < -0.4 is 5.32 Å². The maximum atomic E-state index is 13.1. The maximum absolute atomic E-state index is 13.1. The van der Waals surface area contributed by atoms with E-state index in [1.165, 1.54) is 17.7 Å². The van der Waals surface area contributed by atoms with Crippen LogP contribution in [0.1, 0.15) is 5.56 Å². The molecule has 2 aromatic rings. The fourth-order valence-electron chi connectivity index (χ4n) is 2.88. The Morgan fingerprint density at radius 1 is 1.00 bits per heavy atom. The fraction of sp³-hybridized carbons (Fsp3) is 0.316. The van der Waals surface area contributed by atoms with E-state index in [1.807, 2.05) is 23.1 Å². The van der Waals surface area contributed by atoms with Crippen molar-refractivity contribution in [2.24, 2.45) is 0 Å². The molecule has 0 spiro atoms. The first-order valence-electron chi connectivity index (χ1n) is 8.24. The van der Waals surface area contributed by atoms with Crippen LogP contribution in [0.25, 0.3) is 0 Å². The molecule has 126 valence electrons. The summed E-state index contributed by atoms with van der Waals surface area (Å²) in [5, 5.41) is 2.99. The second kappa shape index (κ2) is 7.93. The van der Waals surface area contributed by atoms with Crippen molar-refractivity contribution in [2.75, 3.05) is 38.0 Å². The SMILES string of the molecule is O=C(CNc1cccc(F)c1)N1CCN(Cc2ccccc2)CC1. The summed E-state index contributed by atoms with van der Waals surface area (Å²) in [7, 11) is 0. The van der Waals surface area contributed by atoms with Gasteiger partial charge in [-0.15, -0.1) is 0 Å². The van der Waals surface area contributed by atoms with Gasteiger partial charge >= 0.3 is 0 Å². The number of carbonyl (C=O) groups excluding carboxylic acids is 1. The number of anilines is 1. The Morgan fingerprint density at radius 3 is 2.46 bits per heavy atom. The van der Waals surface area contributed by atoms with E-state index < -0.39 is 0 Å². The summed E-state index contributed by atoms with van der Waals surface area (Å²) in [6.45, 7) is 4.33. The lowest BCUT2D eigenvalue weighted by Crippen LogP contribution is -2.49. The van der Waals surface area contributed by atoms with Gasteiger partial charge in [0.25, 0.3) is 0 Å². The molecule has 3 rings (SSSR count). The highest BCUT2D eigenvalue weighted by Crippen LogP contribution is 2.11. The van der Waals surface area contributed by atoms with Crippen molar-refractivity contribution in [3.05, 3.63) is 66.0 Å². The van der Waals surface area contributed by atoms with Crippen LogP contribution in [0, 0.1) is 5.82 Å². The predicted octanol–water partition coefficient (Wildman–Crippen LogP) is 2.58. The van der Waals surface area contributed by atoms with Gasteiger partial charge in [0.2, 0.25) is 5.91 Å². The molecule has 0 bridgehead atoms. The van der Waals surface area contributed by atoms with Crippen molar-refractivity contribution in [2.45, 2.75) is 6.54 Å². The van der Waals surface area contributed by atoms with Crippen molar-refractivity contribution < 1.29 is 9.18 Å². The van der Waals surface area contributed by atoms with Crippen LogP contribution in [0.2, 0.25) is 0 Å². The van der Waals surface area contributed by atoms with E-state index >= 15 is 0 Å². The Kier molecular flexibility index (Phi) is 5.43. The molecule has 24 heavy (non-hydrogen) atoms. The first kappa shape index (κ1) is 16.5. The Balaban J connectivity index is 1.43. The molecule has 1 aliphatic heterocycles. The lowest BCUT2D eigenvalue weighted by atomic mass is 10.2. The van der Waals surface area contributed by atoms with Crippen molar-refractivity contribution in [1.82, 2.24) is 9.80 Å². The second-order valence-electron chi connectivity index (χ2n) is 6.01. The van der Waals surface area contributed by atoms with Crippen LogP contribution in [0.4, 0.5) is 10.1 Å². The van der Waals surface area contributed by atoms with Gasteiger partial charge in [-0.3, -0.25) is 9.69 Å². The normalized spacial score (nSPS) is 15.3. The summed E-state index contributed by atoms with van der Waals surface area (Å²) < 4.78 is 13.1. The van der Waals surface area contributed by atoms with Gasteiger partial charge in [-0.1, -0.05) is 36.4 Å². The van der Waals surface area contributed by atoms with Gasteiger partial charge in [-0.05, 0) is 23.8 Å². The first-order chi connectivity index (χ1) is 11.7. The summed E-state index contributed by atoms with van der Waals surface area (Å²) in [6, 6.07) is 16.5. The number of carbonyl (C=O) groups is 1. The monoisotopic (exact) mass is 327 g/mol. The molecule has 1 N–H and O–H groups in total. The quantitative estimate of drug-likeness (QED) is 0.917. The van der Waals surface area contributed by atoms with E-state index in [4.69, 9.17) is 0 Å². The molecule has 4 nitrogen and oxygen atoms in total. The minimum atomic E-state index is -0.304. The third kappa shape index (κ3) is 4.55. The maximum Gasteiger partial charge on any atom is 0.241 e. The van der Waals surface area contributed by atoms with E-state index in [9.17, 15) is 9.18 Å². The van der Waals surface area contributed by atoms with Crippen molar-refractivity contribution in [3.63, 3.8) is 0 Å². The molecular formula is C19H22FN3O. The Labute approximate surface area is 141 Å². The van der Waals surface area contributed by atoms with Gasteiger partial charge in [-0.2, -0.15) is 0 Å². The summed E-state index contributed by atoms with van der Waals surface area (Å²) >= 11 is 0. The number of hydrogen-bond donors (Lipinski definition) is 1. The average Bonchev–Trinajstić information content (AvgIpc) is 2.61. The molecule has 1 amide bonds. The molecule has 0 radical (unpaired) electrons. The molecule has 1 fully saturated rings. The van der Waals surface area contributed by atoms with E-state index in [0.29, 0.717) is 5.69 Å². The number of nitrogens with one attached hydrogen (secondary N) is 1. The van der Waals surface area contributed by atoms with Gasteiger partial charge < -0.3 is 10.2 Å². The topological polar surface area (TPSA) is 35.6 Å². The van der Waals surface area contributed by atoms with Gasteiger partial charge in [-0.25, -0.2) is 4.39 Å². The van der Waals surface area contributed by atoms with Gasteiger partial charge in [0.1, 0.15) is 5.82 Å². The second-order valence-corrected chi connectivity index (χ2v) is 6.01. The number of piperazine rings is 1. The minimum Gasteiger partial charge on any atom is -0.376 e. The number of benzene rings is 2. The van der Waals surface area contributed by atoms with E-state index in [-0.39, 0.29) is 18.3 Å². The zero-order chi connectivity index (χ0) is 16.8. The number of hydrogen-bond acceptors (Lipinski definition) is 3. The van der Waals surface area contributed by atoms with Crippen molar-refractivity contribution in [3.8, 4) is 0 Å². The molecule has 0 atom stereocenters. The highest BCUT2D eigenvalue weighted by atomic mass is 19.1. The van der Waals surface area contributed by atoms with Gasteiger partial charge in [0.15, 0.2) is 0 Å². The lowest BCUT2D eigenvalue weighted by molar-refractivity contribution is -0.131. The van der Waals surface area contributed by atoms with Crippen LogP contribution in [0.15, 0.2) is 54.6 Å². The molecule has 0 saturated carbocycles. The minimum absolute atomic E-state index is 0.0543. The Bertz CT molecular complexity index is 669. The van der Waals surface area contributed by atoms with Crippen molar-refractivity contribution in [1.29, 1.82) is 0 Å². The highest BCUT2D eigenvalue weighted by Gasteiger charge is 2.20. The Morgan fingerprint density at radius 2 is 1.75 bits per heavy atom. The standard InChI is InChI=1S/C19H22FN3O/c20-17-7-4-8-18(13-17)21-14-19(24)23-11-9-22(10-12-23)15-16-5-2-1-3-6-16/h1-8,13,21H,9-12,14-15H2. The zero-order valence-corrected chi connectivity index (χ0v) is 13.6. The third-order valence-electron chi connectivity index (χ3n) is 4.24. The van der Waals surface area contributed by atoms with Crippen molar-refractivity contribution >= 4 is 11.6 Å². The molecule has 5 heteroatoms. The number of rotatable bonds is 5. The molecule has 1 saturated heterocycles. The number of nitrogens with zero attached hydrogens (tertiary/aromatic N) is 2. The summed E-state index contributed by atoms with van der Waals surface area (Å²) in [5.41, 5.74) is 1.93. The van der Waals surface area contributed by atoms with Crippen LogP contribution in [-0.4, -0.2) is 48.4 Å². The van der Waals surface area contributed by atoms with Gasteiger partial charge in [0, 0.05) is 38.4 Å². The summed E-state index contributed by atoms with van der Waals surface area (Å²) in [6.07, 6.45) is 0. The van der Waals surface area contributed by atoms with E-state index in [2.05, 4.69) is 22.3 Å². The predicted molar refractivity (Wildman–Crippen MR) is 93.2 cm³/mol. The number of halogens is 1.